The zero-order chi connectivity index (χ0) is 12.5. The van der Waals surface area contributed by atoms with E-state index in [0.717, 1.165) is 6.61 Å². The summed E-state index contributed by atoms with van der Waals surface area (Å²) in [6.07, 6.45) is 0.486. The number of ether oxygens (including phenoxy) is 2. The van der Waals surface area contributed by atoms with Gasteiger partial charge in [0, 0.05) is 0 Å². The molecule has 2 nitrogen and oxygen atoms in total. The fourth-order valence-corrected chi connectivity index (χ4v) is 1.77. The highest BCUT2D eigenvalue weighted by Crippen LogP contribution is 2.25. The van der Waals surface area contributed by atoms with E-state index in [1.165, 1.54) is 11.1 Å². The number of rotatable bonds is 4. The fourth-order valence-electron chi connectivity index (χ4n) is 1.77. The maximum atomic E-state index is 5.75. The van der Waals surface area contributed by atoms with Gasteiger partial charge in [-0.3, -0.25) is 0 Å². The molecule has 17 heavy (non-hydrogen) atoms. The molecule has 0 aromatic heterocycles. The predicted octanol–water partition coefficient (Wildman–Crippen LogP) is 3.46. The van der Waals surface area contributed by atoms with Crippen molar-refractivity contribution in [2.75, 3.05) is 13.2 Å². The molecule has 2 heteroatoms. The maximum absolute atomic E-state index is 5.75. The summed E-state index contributed by atoms with van der Waals surface area (Å²) in [4.78, 5) is 0. The third-order valence-electron chi connectivity index (χ3n) is 3.18. The molecule has 0 bridgehead atoms. The smallest absolute Gasteiger partial charge is 0.104 e. The van der Waals surface area contributed by atoms with Gasteiger partial charge in [-0.05, 0) is 23.5 Å². The third-order valence-corrected chi connectivity index (χ3v) is 3.18. The SMILES string of the molecule is C[C@H](OC[C@@H]1CO1)c1ccc(C(C)(C)C)cc1. The van der Waals surface area contributed by atoms with Crippen LogP contribution in [0.3, 0.4) is 0 Å². The van der Waals surface area contributed by atoms with Gasteiger partial charge in [0.05, 0.1) is 19.3 Å². The molecule has 1 aliphatic rings. The van der Waals surface area contributed by atoms with Crippen LogP contribution in [0.5, 0.6) is 0 Å². The molecular weight excluding hydrogens is 212 g/mol. The van der Waals surface area contributed by atoms with Crippen LogP contribution in [0.25, 0.3) is 0 Å². The Morgan fingerprint density at radius 1 is 1.29 bits per heavy atom. The van der Waals surface area contributed by atoms with Gasteiger partial charge < -0.3 is 9.47 Å². The summed E-state index contributed by atoms with van der Waals surface area (Å²) in [5.74, 6) is 0. The van der Waals surface area contributed by atoms with Crippen molar-refractivity contribution in [1.29, 1.82) is 0 Å². The normalized spacial score (nSPS) is 21.3. The molecule has 0 unspecified atom stereocenters. The summed E-state index contributed by atoms with van der Waals surface area (Å²) < 4.78 is 10.9. The van der Waals surface area contributed by atoms with Crippen molar-refractivity contribution in [1.82, 2.24) is 0 Å². The van der Waals surface area contributed by atoms with Crippen LogP contribution < -0.4 is 0 Å². The van der Waals surface area contributed by atoms with Gasteiger partial charge in [0.2, 0.25) is 0 Å². The molecule has 1 heterocycles. The molecule has 2 rings (SSSR count). The van der Waals surface area contributed by atoms with Crippen LogP contribution in [0, 0.1) is 0 Å². The Bertz CT molecular complexity index is 358. The minimum atomic E-state index is 0.146. The second-order valence-corrected chi connectivity index (χ2v) is 5.80. The quantitative estimate of drug-likeness (QED) is 0.744. The van der Waals surface area contributed by atoms with Gasteiger partial charge in [-0.15, -0.1) is 0 Å². The molecule has 0 aliphatic carbocycles. The lowest BCUT2D eigenvalue weighted by Gasteiger charge is -2.20. The van der Waals surface area contributed by atoms with Crippen LogP contribution in [0.1, 0.15) is 44.9 Å². The Hall–Kier alpha value is -0.860. The zero-order valence-electron chi connectivity index (χ0n) is 11.2. The van der Waals surface area contributed by atoms with Crippen molar-refractivity contribution >= 4 is 0 Å². The van der Waals surface area contributed by atoms with E-state index in [4.69, 9.17) is 9.47 Å². The second-order valence-electron chi connectivity index (χ2n) is 5.80. The van der Waals surface area contributed by atoms with Gasteiger partial charge in [-0.25, -0.2) is 0 Å². The minimum Gasteiger partial charge on any atom is -0.371 e. The summed E-state index contributed by atoms with van der Waals surface area (Å²) in [6, 6.07) is 8.73. The molecule has 1 saturated heterocycles. The first kappa shape index (κ1) is 12.6. The first-order valence-corrected chi connectivity index (χ1v) is 6.30. The van der Waals surface area contributed by atoms with E-state index >= 15 is 0 Å². The largest absolute Gasteiger partial charge is 0.371 e. The van der Waals surface area contributed by atoms with E-state index in [-0.39, 0.29) is 11.5 Å². The first-order valence-electron chi connectivity index (χ1n) is 6.30. The molecule has 0 radical (unpaired) electrons. The van der Waals surface area contributed by atoms with Gasteiger partial charge in [0.15, 0.2) is 0 Å². The number of hydrogen-bond acceptors (Lipinski definition) is 2. The first-order chi connectivity index (χ1) is 7.97. The summed E-state index contributed by atoms with van der Waals surface area (Å²) in [7, 11) is 0. The second kappa shape index (κ2) is 4.79. The lowest BCUT2D eigenvalue weighted by atomic mass is 9.86. The van der Waals surface area contributed by atoms with E-state index in [2.05, 4.69) is 52.0 Å². The molecule has 0 N–H and O–H groups in total. The monoisotopic (exact) mass is 234 g/mol. The molecule has 0 spiro atoms. The molecular formula is C15H22O2. The Morgan fingerprint density at radius 3 is 2.35 bits per heavy atom. The summed E-state index contributed by atoms with van der Waals surface area (Å²) in [5.41, 5.74) is 2.81. The Kier molecular flexibility index (Phi) is 3.55. The fraction of sp³-hybridized carbons (Fsp3) is 0.600. The van der Waals surface area contributed by atoms with Gasteiger partial charge in [0.1, 0.15) is 6.10 Å². The molecule has 1 fully saturated rings. The van der Waals surface area contributed by atoms with E-state index in [1.807, 2.05) is 0 Å². The van der Waals surface area contributed by atoms with Crippen molar-refractivity contribution in [2.45, 2.75) is 45.3 Å². The van der Waals surface area contributed by atoms with Gasteiger partial charge >= 0.3 is 0 Å². The lowest BCUT2D eigenvalue weighted by Crippen LogP contribution is -2.11. The Balaban J connectivity index is 1.96. The number of epoxide rings is 1. The Morgan fingerprint density at radius 2 is 1.88 bits per heavy atom. The van der Waals surface area contributed by atoms with Crippen molar-refractivity contribution in [3.05, 3.63) is 35.4 Å². The Labute approximate surface area is 104 Å². The van der Waals surface area contributed by atoms with E-state index in [0.29, 0.717) is 12.7 Å². The van der Waals surface area contributed by atoms with E-state index in [9.17, 15) is 0 Å². The maximum Gasteiger partial charge on any atom is 0.104 e. The zero-order valence-corrected chi connectivity index (χ0v) is 11.2. The molecule has 1 aromatic carbocycles. The topological polar surface area (TPSA) is 21.8 Å². The summed E-state index contributed by atoms with van der Waals surface area (Å²) in [6.45, 7) is 10.3. The molecule has 0 amide bonds. The van der Waals surface area contributed by atoms with Crippen molar-refractivity contribution in [3.8, 4) is 0 Å². The third kappa shape index (κ3) is 3.55. The summed E-state index contributed by atoms with van der Waals surface area (Å²) >= 11 is 0. The standard InChI is InChI=1S/C15H22O2/c1-11(16-9-14-10-17-14)12-5-7-13(8-6-12)15(2,3)4/h5-8,11,14H,9-10H2,1-4H3/t11-,14+/m0/s1. The van der Waals surface area contributed by atoms with Crippen LogP contribution in [0.2, 0.25) is 0 Å². The number of benzene rings is 1. The van der Waals surface area contributed by atoms with E-state index < -0.39 is 0 Å². The summed E-state index contributed by atoms with van der Waals surface area (Å²) in [5, 5.41) is 0. The molecule has 94 valence electrons. The predicted molar refractivity (Wildman–Crippen MR) is 69.2 cm³/mol. The minimum absolute atomic E-state index is 0.146. The van der Waals surface area contributed by atoms with Gasteiger partial charge in [-0.2, -0.15) is 0 Å². The van der Waals surface area contributed by atoms with E-state index in [1.54, 1.807) is 0 Å². The molecule has 0 saturated carbocycles. The molecule has 1 aliphatic heterocycles. The highest BCUT2D eigenvalue weighted by molar-refractivity contribution is 5.28. The van der Waals surface area contributed by atoms with Crippen LogP contribution in [0.4, 0.5) is 0 Å². The molecule has 2 atom stereocenters. The highest BCUT2D eigenvalue weighted by atomic mass is 16.6. The van der Waals surface area contributed by atoms with Crippen LogP contribution >= 0.6 is 0 Å². The van der Waals surface area contributed by atoms with Crippen LogP contribution in [-0.2, 0) is 14.9 Å². The van der Waals surface area contributed by atoms with Crippen LogP contribution in [0.15, 0.2) is 24.3 Å². The van der Waals surface area contributed by atoms with Crippen molar-refractivity contribution in [3.63, 3.8) is 0 Å². The van der Waals surface area contributed by atoms with Crippen LogP contribution in [-0.4, -0.2) is 19.3 Å². The molecule has 1 aromatic rings. The average Bonchev–Trinajstić information content (AvgIpc) is 3.09. The highest BCUT2D eigenvalue weighted by Gasteiger charge is 2.23. The van der Waals surface area contributed by atoms with Crippen molar-refractivity contribution in [2.24, 2.45) is 0 Å². The average molecular weight is 234 g/mol. The van der Waals surface area contributed by atoms with Gasteiger partial charge in [-0.1, -0.05) is 45.0 Å². The van der Waals surface area contributed by atoms with Crippen molar-refractivity contribution < 1.29 is 9.47 Å². The lowest BCUT2D eigenvalue weighted by molar-refractivity contribution is 0.0539. The van der Waals surface area contributed by atoms with Gasteiger partial charge in [0.25, 0.3) is 0 Å². The number of hydrogen-bond donors (Lipinski definition) is 0.